The lowest BCUT2D eigenvalue weighted by Gasteiger charge is -2.22. The maximum atomic E-state index is 12.7. The van der Waals surface area contributed by atoms with Crippen molar-refractivity contribution in [2.24, 2.45) is 5.92 Å². The third kappa shape index (κ3) is 5.97. The first-order valence-electron chi connectivity index (χ1n) is 10.7. The van der Waals surface area contributed by atoms with Crippen LogP contribution in [0.5, 0.6) is 11.5 Å². The second kappa shape index (κ2) is 11.1. The van der Waals surface area contributed by atoms with Gasteiger partial charge in [-0.25, -0.2) is 0 Å². The molecule has 0 saturated heterocycles. The SMILES string of the molecule is COc1ccc(C(=O)NC(C(=O)NCCCOc2cccc3cccnc23)C(C)C)cc1. The number of carbonyl (C=O) groups is 2. The number of carbonyl (C=O) groups excluding carboxylic acids is 2. The Labute approximate surface area is 188 Å². The second-order valence-corrected chi connectivity index (χ2v) is 7.75. The third-order valence-corrected chi connectivity index (χ3v) is 5.06. The van der Waals surface area contributed by atoms with E-state index in [4.69, 9.17) is 9.47 Å². The van der Waals surface area contributed by atoms with Crippen LogP contribution in [0, 0.1) is 5.92 Å². The molecule has 0 aliphatic carbocycles. The first kappa shape index (κ1) is 23.1. The zero-order chi connectivity index (χ0) is 22.9. The highest BCUT2D eigenvalue weighted by molar-refractivity contribution is 5.97. The molecular weight excluding hydrogens is 406 g/mol. The summed E-state index contributed by atoms with van der Waals surface area (Å²) in [6, 6.07) is 15.8. The Morgan fingerprint density at radius 1 is 1.03 bits per heavy atom. The molecule has 0 bridgehead atoms. The minimum Gasteiger partial charge on any atom is -0.497 e. The Morgan fingerprint density at radius 2 is 1.78 bits per heavy atom. The molecule has 0 aliphatic rings. The van der Waals surface area contributed by atoms with E-state index < -0.39 is 6.04 Å². The average Bonchev–Trinajstić information content (AvgIpc) is 2.82. The lowest BCUT2D eigenvalue weighted by molar-refractivity contribution is -0.123. The van der Waals surface area contributed by atoms with Crippen molar-refractivity contribution in [2.75, 3.05) is 20.3 Å². The highest BCUT2D eigenvalue weighted by Crippen LogP contribution is 2.22. The Bertz CT molecular complexity index is 1050. The van der Waals surface area contributed by atoms with E-state index in [2.05, 4.69) is 15.6 Å². The number of rotatable bonds is 10. The topological polar surface area (TPSA) is 89.5 Å². The number of methoxy groups -OCH3 is 1. The van der Waals surface area contributed by atoms with Crippen LogP contribution in [0.4, 0.5) is 0 Å². The number of benzene rings is 2. The normalized spacial score (nSPS) is 11.8. The molecule has 3 rings (SSSR count). The van der Waals surface area contributed by atoms with E-state index in [-0.39, 0.29) is 17.7 Å². The van der Waals surface area contributed by atoms with Gasteiger partial charge in [0.25, 0.3) is 5.91 Å². The van der Waals surface area contributed by atoms with Crippen molar-refractivity contribution in [3.8, 4) is 11.5 Å². The van der Waals surface area contributed by atoms with E-state index in [1.54, 1.807) is 37.6 Å². The maximum Gasteiger partial charge on any atom is 0.251 e. The molecule has 0 spiro atoms. The van der Waals surface area contributed by atoms with Crippen molar-refractivity contribution >= 4 is 22.7 Å². The molecule has 32 heavy (non-hydrogen) atoms. The number of hydrogen-bond acceptors (Lipinski definition) is 5. The number of fused-ring (bicyclic) bond motifs is 1. The predicted octanol–water partition coefficient (Wildman–Crippen LogP) is 3.58. The van der Waals surface area contributed by atoms with Crippen LogP contribution < -0.4 is 20.1 Å². The van der Waals surface area contributed by atoms with Crippen LogP contribution in [0.1, 0.15) is 30.6 Å². The number of pyridine rings is 1. The largest absolute Gasteiger partial charge is 0.497 e. The number of amides is 2. The molecule has 3 aromatic rings. The second-order valence-electron chi connectivity index (χ2n) is 7.75. The molecule has 1 unspecified atom stereocenters. The first-order valence-corrected chi connectivity index (χ1v) is 10.7. The van der Waals surface area contributed by atoms with Gasteiger partial charge in [0.05, 0.1) is 13.7 Å². The summed E-state index contributed by atoms with van der Waals surface area (Å²) in [6.07, 6.45) is 2.37. The number of nitrogens with zero attached hydrogens (tertiary/aromatic N) is 1. The zero-order valence-corrected chi connectivity index (χ0v) is 18.6. The summed E-state index contributed by atoms with van der Waals surface area (Å²) in [5.41, 5.74) is 1.29. The number of aromatic nitrogens is 1. The van der Waals surface area contributed by atoms with Gasteiger partial charge < -0.3 is 20.1 Å². The van der Waals surface area contributed by atoms with E-state index in [0.29, 0.717) is 30.9 Å². The molecule has 0 saturated carbocycles. The summed E-state index contributed by atoms with van der Waals surface area (Å²) in [4.78, 5) is 29.6. The highest BCUT2D eigenvalue weighted by atomic mass is 16.5. The van der Waals surface area contributed by atoms with Crippen molar-refractivity contribution in [3.63, 3.8) is 0 Å². The van der Waals surface area contributed by atoms with E-state index in [9.17, 15) is 9.59 Å². The minimum atomic E-state index is -0.632. The molecule has 7 heteroatoms. The van der Waals surface area contributed by atoms with Gasteiger partial charge in [-0.15, -0.1) is 0 Å². The zero-order valence-electron chi connectivity index (χ0n) is 18.6. The quantitative estimate of drug-likeness (QED) is 0.475. The monoisotopic (exact) mass is 435 g/mol. The summed E-state index contributed by atoms with van der Waals surface area (Å²) in [5.74, 6) is 0.819. The van der Waals surface area contributed by atoms with Gasteiger partial charge in [0, 0.05) is 23.7 Å². The molecule has 168 valence electrons. The average molecular weight is 436 g/mol. The van der Waals surface area contributed by atoms with Crippen molar-refractivity contribution in [1.82, 2.24) is 15.6 Å². The summed E-state index contributed by atoms with van der Waals surface area (Å²) in [7, 11) is 1.57. The maximum absolute atomic E-state index is 12.7. The molecule has 1 atom stereocenters. The minimum absolute atomic E-state index is 0.0600. The van der Waals surface area contributed by atoms with E-state index in [0.717, 1.165) is 16.7 Å². The standard InChI is InChI=1S/C25H29N3O4/c1-17(2)22(28-24(29)19-10-12-20(31-3)13-11-19)25(30)27-15-6-16-32-21-9-4-7-18-8-5-14-26-23(18)21/h4-5,7-14,17,22H,6,15-16H2,1-3H3,(H,27,30)(H,28,29). The van der Waals surface area contributed by atoms with Crippen molar-refractivity contribution in [1.29, 1.82) is 0 Å². The molecule has 0 aliphatic heterocycles. The van der Waals surface area contributed by atoms with Crippen LogP contribution in [-0.2, 0) is 4.79 Å². The molecule has 2 N–H and O–H groups in total. The molecule has 0 fully saturated rings. The van der Waals surface area contributed by atoms with Crippen LogP contribution >= 0.6 is 0 Å². The van der Waals surface area contributed by atoms with Gasteiger partial charge in [0.15, 0.2) is 0 Å². The van der Waals surface area contributed by atoms with Gasteiger partial charge in [0.1, 0.15) is 23.1 Å². The third-order valence-electron chi connectivity index (χ3n) is 5.06. The summed E-state index contributed by atoms with van der Waals surface area (Å²) in [5, 5.41) is 6.74. The van der Waals surface area contributed by atoms with Crippen molar-refractivity contribution in [3.05, 3.63) is 66.4 Å². The molecule has 1 aromatic heterocycles. The molecule has 2 amide bonds. The van der Waals surface area contributed by atoms with Gasteiger partial charge in [-0.05, 0) is 48.7 Å². The van der Waals surface area contributed by atoms with Gasteiger partial charge in [-0.3, -0.25) is 14.6 Å². The molecule has 1 heterocycles. The number of hydrogen-bond donors (Lipinski definition) is 2. The van der Waals surface area contributed by atoms with E-state index >= 15 is 0 Å². The van der Waals surface area contributed by atoms with Crippen molar-refractivity contribution in [2.45, 2.75) is 26.3 Å². The van der Waals surface area contributed by atoms with Crippen molar-refractivity contribution < 1.29 is 19.1 Å². The lowest BCUT2D eigenvalue weighted by Crippen LogP contribution is -2.50. The fourth-order valence-corrected chi connectivity index (χ4v) is 3.27. The smallest absolute Gasteiger partial charge is 0.251 e. The molecule has 0 radical (unpaired) electrons. The van der Waals surface area contributed by atoms with Gasteiger partial charge in [-0.1, -0.05) is 32.0 Å². The fourth-order valence-electron chi connectivity index (χ4n) is 3.27. The fraction of sp³-hybridized carbons (Fsp3) is 0.320. The van der Waals surface area contributed by atoms with Crippen LogP contribution in [0.25, 0.3) is 10.9 Å². The first-order chi connectivity index (χ1) is 15.5. The summed E-state index contributed by atoms with van der Waals surface area (Å²) >= 11 is 0. The molecular formula is C25H29N3O4. The molecule has 2 aromatic carbocycles. The van der Waals surface area contributed by atoms with E-state index in [1.807, 2.05) is 44.2 Å². The van der Waals surface area contributed by atoms with Gasteiger partial charge in [0.2, 0.25) is 5.91 Å². The van der Waals surface area contributed by atoms with Crippen LogP contribution in [0.15, 0.2) is 60.8 Å². The Balaban J connectivity index is 1.47. The highest BCUT2D eigenvalue weighted by Gasteiger charge is 2.24. The van der Waals surface area contributed by atoms with Crippen LogP contribution in [0.2, 0.25) is 0 Å². The Kier molecular flexibility index (Phi) is 8.02. The number of para-hydroxylation sites is 1. The van der Waals surface area contributed by atoms with Gasteiger partial charge in [-0.2, -0.15) is 0 Å². The van der Waals surface area contributed by atoms with Gasteiger partial charge >= 0.3 is 0 Å². The number of nitrogens with one attached hydrogen (secondary N) is 2. The van der Waals surface area contributed by atoms with Crippen LogP contribution in [0.3, 0.4) is 0 Å². The molecule has 7 nitrogen and oxygen atoms in total. The predicted molar refractivity (Wildman–Crippen MR) is 124 cm³/mol. The van der Waals surface area contributed by atoms with E-state index in [1.165, 1.54) is 0 Å². The Morgan fingerprint density at radius 3 is 2.50 bits per heavy atom. The summed E-state index contributed by atoms with van der Waals surface area (Å²) < 4.78 is 11.0. The Hall–Kier alpha value is -3.61. The summed E-state index contributed by atoms with van der Waals surface area (Å²) in [6.45, 7) is 4.68. The van der Waals surface area contributed by atoms with Crippen LogP contribution in [-0.4, -0.2) is 43.1 Å². The lowest BCUT2D eigenvalue weighted by atomic mass is 10.0. The number of ether oxygens (including phenoxy) is 2.